The Morgan fingerprint density at radius 3 is 2.26 bits per heavy atom. The van der Waals surface area contributed by atoms with E-state index in [9.17, 15) is 9.90 Å². The first-order chi connectivity index (χ1) is 11.1. The smallest absolute Gasteiger partial charge is 0.251 e. The maximum absolute atomic E-state index is 12.2. The van der Waals surface area contributed by atoms with Gasteiger partial charge in [-0.3, -0.25) is 4.79 Å². The number of aliphatic hydroxyl groups is 1. The Hall–Kier alpha value is -2.53. The van der Waals surface area contributed by atoms with Gasteiger partial charge >= 0.3 is 0 Å². The zero-order valence-electron chi connectivity index (χ0n) is 13.3. The van der Waals surface area contributed by atoms with E-state index in [-0.39, 0.29) is 5.91 Å². The maximum Gasteiger partial charge on any atom is 0.251 e. The van der Waals surface area contributed by atoms with E-state index in [4.69, 9.17) is 9.47 Å². The topological polar surface area (TPSA) is 67.8 Å². The second kappa shape index (κ2) is 8.19. The van der Waals surface area contributed by atoms with Crippen LogP contribution in [0.2, 0.25) is 0 Å². The van der Waals surface area contributed by atoms with E-state index < -0.39 is 6.10 Å². The van der Waals surface area contributed by atoms with Gasteiger partial charge in [-0.25, -0.2) is 0 Å². The van der Waals surface area contributed by atoms with Gasteiger partial charge in [-0.05, 0) is 24.1 Å². The second-order valence-electron chi connectivity index (χ2n) is 5.07. The predicted octanol–water partition coefficient (Wildman–Crippen LogP) is 2.56. The third-order valence-corrected chi connectivity index (χ3v) is 3.50. The number of methoxy groups -OCH3 is 2. The lowest BCUT2D eigenvalue weighted by Gasteiger charge is -2.12. The third kappa shape index (κ3) is 4.72. The zero-order valence-corrected chi connectivity index (χ0v) is 13.3. The highest BCUT2D eigenvalue weighted by Gasteiger charge is 2.11. The number of hydrogen-bond donors (Lipinski definition) is 2. The molecule has 0 spiro atoms. The van der Waals surface area contributed by atoms with Crippen LogP contribution in [0.4, 0.5) is 0 Å². The van der Waals surface area contributed by atoms with Crippen molar-refractivity contribution in [1.29, 1.82) is 0 Å². The quantitative estimate of drug-likeness (QED) is 0.824. The molecule has 1 amide bonds. The highest BCUT2D eigenvalue weighted by Crippen LogP contribution is 2.22. The van der Waals surface area contributed by atoms with E-state index in [1.54, 1.807) is 18.2 Å². The number of carbonyl (C=O) groups excluding carboxylic acids is 1. The number of nitrogens with one attached hydrogen (secondary N) is 1. The average molecular weight is 315 g/mol. The normalized spacial score (nSPS) is 11.6. The fourth-order valence-electron chi connectivity index (χ4n) is 2.20. The van der Waals surface area contributed by atoms with Crippen LogP contribution in [0.25, 0.3) is 0 Å². The van der Waals surface area contributed by atoms with Crippen LogP contribution in [0.3, 0.4) is 0 Å². The zero-order chi connectivity index (χ0) is 16.7. The number of benzene rings is 2. The number of amides is 1. The summed E-state index contributed by atoms with van der Waals surface area (Å²) in [5.74, 6) is 0.875. The van der Waals surface area contributed by atoms with E-state index in [2.05, 4.69) is 5.32 Å². The maximum atomic E-state index is 12.2. The van der Waals surface area contributed by atoms with E-state index in [0.717, 1.165) is 5.56 Å². The molecule has 2 rings (SSSR count). The average Bonchev–Trinajstić information content (AvgIpc) is 2.61. The van der Waals surface area contributed by atoms with Crippen LogP contribution in [0.5, 0.6) is 11.5 Å². The molecule has 0 heterocycles. The van der Waals surface area contributed by atoms with E-state index >= 15 is 0 Å². The van der Waals surface area contributed by atoms with Crippen molar-refractivity contribution in [2.24, 2.45) is 0 Å². The molecule has 0 aromatic heterocycles. The van der Waals surface area contributed by atoms with E-state index in [0.29, 0.717) is 30.0 Å². The van der Waals surface area contributed by atoms with Crippen molar-refractivity contribution in [2.75, 3.05) is 20.8 Å². The van der Waals surface area contributed by atoms with Gasteiger partial charge in [0.1, 0.15) is 11.5 Å². The van der Waals surface area contributed by atoms with Crippen LogP contribution in [0.15, 0.2) is 48.5 Å². The number of hydrogen-bond acceptors (Lipinski definition) is 4. The Labute approximate surface area is 135 Å². The standard InChI is InChI=1S/C18H21NO4/c1-22-15-10-14(11-16(12-15)23-2)18(21)19-9-8-17(20)13-6-4-3-5-7-13/h3-7,10-12,17,20H,8-9H2,1-2H3,(H,19,21)/t17-/m0/s1. The molecule has 2 N–H and O–H groups in total. The first kappa shape index (κ1) is 16.8. The van der Waals surface area contributed by atoms with Crippen LogP contribution < -0.4 is 14.8 Å². The first-order valence-electron chi connectivity index (χ1n) is 7.38. The molecule has 5 nitrogen and oxygen atoms in total. The molecule has 0 unspecified atom stereocenters. The molecule has 5 heteroatoms. The van der Waals surface area contributed by atoms with Crippen molar-refractivity contribution in [2.45, 2.75) is 12.5 Å². The Bertz CT molecular complexity index is 620. The monoisotopic (exact) mass is 315 g/mol. The molecule has 0 bridgehead atoms. The van der Waals surface area contributed by atoms with Gasteiger partial charge in [-0.1, -0.05) is 30.3 Å². The molecule has 0 saturated heterocycles. The SMILES string of the molecule is COc1cc(OC)cc(C(=O)NCC[C@H](O)c2ccccc2)c1. The largest absolute Gasteiger partial charge is 0.497 e. The summed E-state index contributed by atoms with van der Waals surface area (Å²) < 4.78 is 10.3. The van der Waals surface area contributed by atoms with Crippen molar-refractivity contribution in [3.05, 3.63) is 59.7 Å². The fraction of sp³-hybridized carbons (Fsp3) is 0.278. The van der Waals surface area contributed by atoms with Gasteiger partial charge < -0.3 is 19.9 Å². The van der Waals surface area contributed by atoms with Gasteiger partial charge in [0, 0.05) is 18.2 Å². The van der Waals surface area contributed by atoms with Crippen molar-refractivity contribution in [3.63, 3.8) is 0 Å². The molecule has 0 saturated carbocycles. The summed E-state index contributed by atoms with van der Waals surface area (Å²) >= 11 is 0. The van der Waals surface area contributed by atoms with Gasteiger partial charge in [0.2, 0.25) is 0 Å². The molecule has 0 fully saturated rings. The molecule has 0 aliphatic carbocycles. The molecule has 23 heavy (non-hydrogen) atoms. The van der Waals surface area contributed by atoms with Gasteiger partial charge in [0.25, 0.3) is 5.91 Å². The lowest BCUT2D eigenvalue weighted by molar-refractivity contribution is 0.0942. The molecule has 0 aliphatic rings. The highest BCUT2D eigenvalue weighted by atomic mass is 16.5. The molecular formula is C18H21NO4. The lowest BCUT2D eigenvalue weighted by atomic mass is 10.1. The molecule has 1 atom stereocenters. The minimum Gasteiger partial charge on any atom is -0.497 e. The lowest BCUT2D eigenvalue weighted by Crippen LogP contribution is -2.25. The third-order valence-electron chi connectivity index (χ3n) is 3.50. The minimum absolute atomic E-state index is 0.234. The second-order valence-corrected chi connectivity index (χ2v) is 5.07. The number of aliphatic hydroxyl groups excluding tert-OH is 1. The molecular weight excluding hydrogens is 294 g/mol. The van der Waals surface area contributed by atoms with Crippen molar-refractivity contribution in [1.82, 2.24) is 5.32 Å². The number of rotatable bonds is 7. The summed E-state index contributed by atoms with van der Waals surface area (Å²) in [6.45, 7) is 0.369. The van der Waals surface area contributed by atoms with Crippen LogP contribution >= 0.6 is 0 Å². The molecule has 122 valence electrons. The van der Waals surface area contributed by atoms with Gasteiger partial charge in [0.15, 0.2) is 0 Å². The minimum atomic E-state index is -0.601. The molecule has 0 radical (unpaired) electrons. The van der Waals surface area contributed by atoms with Crippen LogP contribution in [0, 0.1) is 0 Å². The Morgan fingerprint density at radius 2 is 1.70 bits per heavy atom. The van der Waals surface area contributed by atoms with Gasteiger partial charge in [-0.15, -0.1) is 0 Å². The van der Waals surface area contributed by atoms with Crippen LogP contribution in [0.1, 0.15) is 28.4 Å². The molecule has 2 aromatic rings. The summed E-state index contributed by atoms with van der Waals surface area (Å²) in [5, 5.41) is 12.9. The van der Waals surface area contributed by atoms with Crippen LogP contribution in [-0.2, 0) is 0 Å². The summed E-state index contributed by atoms with van der Waals surface area (Å²) in [6.07, 6.45) is -0.159. The van der Waals surface area contributed by atoms with Gasteiger partial charge in [0.05, 0.1) is 20.3 Å². The predicted molar refractivity (Wildman–Crippen MR) is 87.9 cm³/mol. The Morgan fingerprint density at radius 1 is 1.09 bits per heavy atom. The van der Waals surface area contributed by atoms with E-state index in [1.807, 2.05) is 30.3 Å². The first-order valence-corrected chi connectivity index (χ1v) is 7.38. The van der Waals surface area contributed by atoms with Gasteiger partial charge in [-0.2, -0.15) is 0 Å². The van der Waals surface area contributed by atoms with Crippen molar-refractivity contribution in [3.8, 4) is 11.5 Å². The molecule has 2 aromatic carbocycles. The molecule has 0 aliphatic heterocycles. The fourth-order valence-corrected chi connectivity index (χ4v) is 2.20. The number of ether oxygens (including phenoxy) is 2. The van der Waals surface area contributed by atoms with Crippen molar-refractivity contribution < 1.29 is 19.4 Å². The summed E-state index contributed by atoms with van der Waals surface area (Å²) in [6, 6.07) is 14.4. The summed E-state index contributed by atoms with van der Waals surface area (Å²) in [4.78, 5) is 12.2. The number of carbonyl (C=O) groups is 1. The highest BCUT2D eigenvalue weighted by molar-refractivity contribution is 5.95. The summed E-state index contributed by atoms with van der Waals surface area (Å²) in [7, 11) is 3.07. The van der Waals surface area contributed by atoms with E-state index in [1.165, 1.54) is 14.2 Å². The van der Waals surface area contributed by atoms with Crippen molar-refractivity contribution >= 4 is 5.91 Å². The summed E-state index contributed by atoms with van der Waals surface area (Å²) in [5.41, 5.74) is 1.29. The Kier molecular flexibility index (Phi) is 6.00. The van der Waals surface area contributed by atoms with Crippen LogP contribution in [-0.4, -0.2) is 31.8 Å². The Balaban J connectivity index is 1.92.